The van der Waals surface area contributed by atoms with Gasteiger partial charge in [0.05, 0.1) is 6.54 Å². The minimum atomic E-state index is -2.80. The molecule has 1 unspecified atom stereocenters. The van der Waals surface area contributed by atoms with Crippen molar-refractivity contribution in [1.82, 2.24) is 9.80 Å². The number of aliphatic carboxylic acids is 1. The fourth-order valence-corrected chi connectivity index (χ4v) is 3.11. The molecule has 1 heterocycles. The van der Waals surface area contributed by atoms with Gasteiger partial charge in [0.2, 0.25) is 0 Å². The number of nitrogens with zero attached hydrogens (tertiary/aromatic N) is 2. The molecule has 5 nitrogen and oxygen atoms in total. The maximum Gasteiger partial charge on any atom is 0.387 e. The highest BCUT2D eigenvalue weighted by Crippen LogP contribution is 2.19. The summed E-state index contributed by atoms with van der Waals surface area (Å²) in [5.74, 6) is -0.635. The van der Waals surface area contributed by atoms with E-state index in [1.54, 1.807) is 24.3 Å². The van der Waals surface area contributed by atoms with Crippen molar-refractivity contribution in [1.29, 1.82) is 0 Å². The van der Waals surface area contributed by atoms with Gasteiger partial charge in [-0.15, -0.1) is 0 Å². The van der Waals surface area contributed by atoms with Crippen LogP contribution >= 0.6 is 0 Å². The molecular weight excluding hydrogens is 318 g/mol. The summed E-state index contributed by atoms with van der Waals surface area (Å²) in [4.78, 5) is 15.1. The quantitative estimate of drug-likeness (QED) is 0.826. The second-order valence-electron chi connectivity index (χ2n) is 6.19. The number of likely N-dealkylation sites (tertiary alicyclic amines) is 1. The second kappa shape index (κ2) is 8.94. The minimum Gasteiger partial charge on any atom is -0.480 e. The Morgan fingerprint density at radius 3 is 2.67 bits per heavy atom. The van der Waals surface area contributed by atoms with Gasteiger partial charge in [0.1, 0.15) is 5.75 Å². The summed E-state index contributed by atoms with van der Waals surface area (Å²) in [6.07, 6.45) is 2.93. The highest BCUT2D eigenvalue weighted by atomic mass is 19.3. The summed E-state index contributed by atoms with van der Waals surface area (Å²) >= 11 is 0. The van der Waals surface area contributed by atoms with Gasteiger partial charge in [-0.05, 0) is 57.1 Å². The van der Waals surface area contributed by atoms with Gasteiger partial charge in [-0.1, -0.05) is 12.1 Å². The van der Waals surface area contributed by atoms with Crippen molar-refractivity contribution >= 4 is 5.97 Å². The molecule has 1 aromatic rings. The SMILES string of the molecule is CN(CC(=O)O)C1CCCN(Cc2ccc(OC(F)F)cc2)CC1. The lowest BCUT2D eigenvalue weighted by molar-refractivity contribution is -0.138. The van der Waals surface area contributed by atoms with Gasteiger partial charge in [-0.25, -0.2) is 0 Å². The number of hydrogen-bond donors (Lipinski definition) is 1. The van der Waals surface area contributed by atoms with E-state index < -0.39 is 12.6 Å². The van der Waals surface area contributed by atoms with Crippen LogP contribution in [-0.2, 0) is 11.3 Å². The molecule has 1 atom stereocenters. The van der Waals surface area contributed by atoms with Crippen LogP contribution in [0, 0.1) is 0 Å². The first-order valence-corrected chi connectivity index (χ1v) is 8.12. The van der Waals surface area contributed by atoms with Gasteiger partial charge in [0.25, 0.3) is 0 Å². The zero-order chi connectivity index (χ0) is 17.5. The maximum absolute atomic E-state index is 12.1. The third kappa shape index (κ3) is 6.05. The Labute approximate surface area is 140 Å². The van der Waals surface area contributed by atoms with Crippen LogP contribution in [0.5, 0.6) is 5.75 Å². The number of rotatable bonds is 7. The lowest BCUT2D eigenvalue weighted by Gasteiger charge is -2.25. The standard InChI is InChI=1S/C17H24F2N2O3/c1-20(12-16(22)23)14-3-2-9-21(10-8-14)11-13-4-6-15(7-5-13)24-17(18)19/h4-7,14,17H,2-3,8-12H2,1H3,(H,22,23). The summed E-state index contributed by atoms with van der Waals surface area (Å²) in [6.45, 7) is -0.141. The summed E-state index contributed by atoms with van der Waals surface area (Å²) < 4.78 is 28.6. The minimum absolute atomic E-state index is 0.0657. The van der Waals surface area contributed by atoms with Gasteiger partial charge < -0.3 is 9.84 Å². The van der Waals surface area contributed by atoms with Crippen LogP contribution in [0.1, 0.15) is 24.8 Å². The first kappa shape index (κ1) is 18.6. The monoisotopic (exact) mass is 342 g/mol. The summed E-state index contributed by atoms with van der Waals surface area (Å²) in [5, 5.41) is 8.90. The zero-order valence-electron chi connectivity index (χ0n) is 13.8. The Bertz CT molecular complexity index is 525. The molecule has 1 aromatic carbocycles. The molecule has 0 bridgehead atoms. The lowest BCUT2D eigenvalue weighted by atomic mass is 10.1. The molecule has 2 rings (SSSR count). The molecule has 0 aliphatic carbocycles. The molecule has 1 N–H and O–H groups in total. The molecule has 0 saturated carbocycles. The van der Waals surface area contributed by atoms with E-state index in [1.165, 1.54) is 0 Å². The van der Waals surface area contributed by atoms with Crippen molar-refractivity contribution in [2.75, 3.05) is 26.7 Å². The van der Waals surface area contributed by atoms with Crippen LogP contribution in [0.4, 0.5) is 8.78 Å². The summed E-state index contributed by atoms with van der Waals surface area (Å²) in [6, 6.07) is 7.01. The van der Waals surface area contributed by atoms with E-state index in [-0.39, 0.29) is 18.3 Å². The predicted octanol–water partition coefficient (Wildman–Crippen LogP) is 2.66. The first-order chi connectivity index (χ1) is 11.4. The second-order valence-corrected chi connectivity index (χ2v) is 6.19. The Morgan fingerprint density at radius 2 is 2.04 bits per heavy atom. The number of carbonyl (C=O) groups is 1. The Hall–Kier alpha value is -1.73. The highest BCUT2D eigenvalue weighted by molar-refractivity contribution is 5.69. The molecule has 0 radical (unpaired) electrons. The number of alkyl halides is 2. The Morgan fingerprint density at radius 1 is 1.33 bits per heavy atom. The Kier molecular flexibility index (Phi) is 6.93. The first-order valence-electron chi connectivity index (χ1n) is 8.12. The zero-order valence-corrected chi connectivity index (χ0v) is 13.8. The molecule has 24 heavy (non-hydrogen) atoms. The molecule has 1 saturated heterocycles. The van der Waals surface area contributed by atoms with Crippen LogP contribution in [-0.4, -0.2) is 60.2 Å². The van der Waals surface area contributed by atoms with Crippen LogP contribution in [0.25, 0.3) is 0 Å². The van der Waals surface area contributed by atoms with Gasteiger partial charge in [-0.2, -0.15) is 8.78 Å². The number of carboxylic acid groups (broad SMARTS) is 1. The topological polar surface area (TPSA) is 53.0 Å². The van der Waals surface area contributed by atoms with Crippen LogP contribution in [0.15, 0.2) is 24.3 Å². The number of halogens is 2. The smallest absolute Gasteiger partial charge is 0.387 e. The van der Waals surface area contributed by atoms with Crippen LogP contribution in [0.3, 0.4) is 0 Å². The van der Waals surface area contributed by atoms with Crippen LogP contribution in [0.2, 0.25) is 0 Å². The molecule has 1 aliphatic rings. The molecule has 1 fully saturated rings. The normalized spacial score (nSPS) is 19.5. The maximum atomic E-state index is 12.1. The van der Waals surface area contributed by atoms with E-state index in [4.69, 9.17) is 5.11 Å². The van der Waals surface area contributed by atoms with Gasteiger partial charge >= 0.3 is 12.6 Å². The van der Waals surface area contributed by atoms with Crippen molar-refractivity contribution in [3.8, 4) is 5.75 Å². The van der Waals surface area contributed by atoms with E-state index in [9.17, 15) is 13.6 Å². The summed E-state index contributed by atoms with van der Waals surface area (Å²) in [7, 11) is 1.86. The molecule has 1 aliphatic heterocycles. The third-order valence-electron chi connectivity index (χ3n) is 4.35. The number of hydrogen-bond acceptors (Lipinski definition) is 4. The number of likely N-dealkylation sites (N-methyl/N-ethyl adjacent to an activating group) is 1. The van der Waals surface area contributed by atoms with Gasteiger partial charge in [0.15, 0.2) is 0 Å². The highest BCUT2D eigenvalue weighted by Gasteiger charge is 2.21. The van der Waals surface area contributed by atoms with E-state index in [0.29, 0.717) is 0 Å². The van der Waals surface area contributed by atoms with Crippen LogP contribution < -0.4 is 4.74 Å². The largest absolute Gasteiger partial charge is 0.480 e. The molecule has 0 amide bonds. The average molecular weight is 342 g/mol. The van der Waals surface area contributed by atoms with Crippen molar-refractivity contribution < 1.29 is 23.4 Å². The fraction of sp³-hybridized carbons (Fsp3) is 0.588. The van der Waals surface area contributed by atoms with Crippen molar-refractivity contribution in [2.45, 2.75) is 38.5 Å². The molecular formula is C17H24F2N2O3. The Balaban J connectivity index is 1.84. The summed E-state index contributed by atoms with van der Waals surface area (Å²) in [5.41, 5.74) is 1.05. The van der Waals surface area contributed by atoms with Crippen molar-refractivity contribution in [3.05, 3.63) is 29.8 Å². The fourth-order valence-electron chi connectivity index (χ4n) is 3.11. The number of ether oxygens (including phenoxy) is 1. The number of carboxylic acids is 1. The molecule has 0 aromatic heterocycles. The van der Waals surface area contributed by atoms with Gasteiger partial charge in [0, 0.05) is 12.6 Å². The molecule has 134 valence electrons. The van der Waals surface area contributed by atoms with Gasteiger partial charge in [-0.3, -0.25) is 14.6 Å². The predicted molar refractivity (Wildman–Crippen MR) is 86.3 cm³/mol. The van der Waals surface area contributed by atoms with Crippen molar-refractivity contribution in [2.24, 2.45) is 0 Å². The van der Waals surface area contributed by atoms with E-state index in [1.807, 2.05) is 11.9 Å². The number of benzene rings is 1. The average Bonchev–Trinajstić information content (AvgIpc) is 2.74. The van der Waals surface area contributed by atoms with E-state index in [2.05, 4.69) is 9.64 Å². The van der Waals surface area contributed by atoms with E-state index in [0.717, 1.165) is 44.5 Å². The van der Waals surface area contributed by atoms with E-state index >= 15 is 0 Å². The third-order valence-corrected chi connectivity index (χ3v) is 4.35. The lowest BCUT2D eigenvalue weighted by Crippen LogP contribution is -2.36. The van der Waals surface area contributed by atoms with Crippen molar-refractivity contribution in [3.63, 3.8) is 0 Å². The molecule has 7 heteroatoms. The molecule has 0 spiro atoms.